The van der Waals surface area contributed by atoms with E-state index < -0.39 is 23.4 Å². The van der Waals surface area contributed by atoms with Crippen molar-refractivity contribution in [3.05, 3.63) is 40.7 Å². The molecule has 0 unspecified atom stereocenters. The highest BCUT2D eigenvalue weighted by Crippen LogP contribution is 2.28. The van der Waals surface area contributed by atoms with Crippen molar-refractivity contribution in [2.45, 2.75) is 0 Å². The lowest BCUT2D eigenvalue weighted by atomic mass is 10.2. The number of thiazole rings is 1. The van der Waals surface area contributed by atoms with Gasteiger partial charge in [-0.3, -0.25) is 0 Å². The average molecular weight is 273 g/mol. The van der Waals surface area contributed by atoms with Crippen LogP contribution in [-0.2, 0) is 4.74 Å². The second kappa shape index (κ2) is 4.77. The van der Waals surface area contributed by atoms with Gasteiger partial charge in [-0.15, -0.1) is 11.3 Å². The van der Waals surface area contributed by atoms with Crippen LogP contribution in [0.15, 0.2) is 17.5 Å². The summed E-state index contributed by atoms with van der Waals surface area (Å²) in [6, 6.07) is 1.86. The summed E-state index contributed by atoms with van der Waals surface area (Å²) in [6.07, 6.45) is 0. The third kappa shape index (κ3) is 2.08. The van der Waals surface area contributed by atoms with E-state index in [1.54, 1.807) is 0 Å². The summed E-state index contributed by atoms with van der Waals surface area (Å²) >= 11 is 0.934. The van der Waals surface area contributed by atoms with Crippen LogP contribution in [0, 0.1) is 17.5 Å². The third-order valence-electron chi connectivity index (χ3n) is 2.16. The van der Waals surface area contributed by atoms with Crippen LogP contribution in [-0.4, -0.2) is 18.1 Å². The molecule has 0 radical (unpaired) electrons. The van der Waals surface area contributed by atoms with Gasteiger partial charge < -0.3 is 4.74 Å². The summed E-state index contributed by atoms with van der Waals surface area (Å²) < 4.78 is 43.7. The molecule has 7 heteroatoms. The highest BCUT2D eigenvalue weighted by Gasteiger charge is 2.18. The molecule has 0 saturated carbocycles. The number of esters is 1. The molecule has 0 atom stereocenters. The monoisotopic (exact) mass is 273 g/mol. The van der Waals surface area contributed by atoms with Crippen LogP contribution < -0.4 is 0 Å². The highest BCUT2D eigenvalue weighted by atomic mass is 32.1. The molecule has 0 aliphatic carbocycles. The number of ether oxygens (including phenoxy) is 1. The molecule has 2 aromatic rings. The minimum atomic E-state index is -1.57. The summed E-state index contributed by atoms with van der Waals surface area (Å²) in [7, 11) is 1.18. The molecule has 0 bridgehead atoms. The van der Waals surface area contributed by atoms with Crippen molar-refractivity contribution < 1.29 is 22.7 Å². The zero-order valence-corrected chi connectivity index (χ0v) is 9.85. The maximum absolute atomic E-state index is 13.5. The Hall–Kier alpha value is -1.89. The minimum Gasteiger partial charge on any atom is -0.464 e. The maximum Gasteiger partial charge on any atom is 0.357 e. The Morgan fingerprint density at radius 3 is 2.67 bits per heavy atom. The summed E-state index contributed by atoms with van der Waals surface area (Å²) in [5, 5.41) is 1.42. The van der Waals surface area contributed by atoms with Crippen LogP contribution >= 0.6 is 11.3 Å². The number of carbonyl (C=O) groups is 1. The number of benzene rings is 1. The molecule has 0 fully saturated rings. The molecule has 3 nitrogen and oxygen atoms in total. The molecule has 1 heterocycles. The number of hydrogen-bond acceptors (Lipinski definition) is 4. The van der Waals surface area contributed by atoms with Crippen molar-refractivity contribution in [2.24, 2.45) is 0 Å². The van der Waals surface area contributed by atoms with Crippen molar-refractivity contribution in [1.82, 2.24) is 4.98 Å². The molecular formula is C11H6F3NO2S. The Bertz CT molecular complexity index is 612. The molecule has 1 aromatic heterocycles. The summed E-state index contributed by atoms with van der Waals surface area (Å²) in [5.74, 6) is -4.86. The predicted octanol–water partition coefficient (Wildman–Crippen LogP) is 3.01. The Labute approximate surface area is 104 Å². The van der Waals surface area contributed by atoms with Crippen molar-refractivity contribution in [3.8, 4) is 10.6 Å². The lowest BCUT2D eigenvalue weighted by Crippen LogP contribution is -2.01. The summed E-state index contributed by atoms with van der Waals surface area (Å²) in [6.45, 7) is 0. The second-order valence-electron chi connectivity index (χ2n) is 3.25. The molecule has 18 heavy (non-hydrogen) atoms. The Morgan fingerprint density at radius 2 is 2.00 bits per heavy atom. The molecule has 0 saturated heterocycles. The van der Waals surface area contributed by atoms with Crippen molar-refractivity contribution >= 4 is 17.3 Å². The van der Waals surface area contributed by atoms with Crippen LogP contribution in [0.3, 0.4) is 0 Å². The topological polar surface area (TPSA) is 39.2 Å². The van der Waals surface area contributed by atoms with E-state index in [2.05, 4.69) is 9.72 Å². The fourth-order valence-corrected chi connectivity index (χ4v) is 2.09. The first kappa shape index (κ1) is 12.6. The second-order valence-corrected chi connectivity index (χ2v) is 4.11. The number of nitrogens with zero attached hydrogens (tertiary/aromatic N) is 1. The SMILES string of the molecule is COC(=O)c1csc(-c2ccc(F)c(F)c2F)n1. The van der Waals surface area contributed by atoms with Crippen molar-refractivity contribution in [3.63, 3.8) is 0 Å². The molecular weight excluding hydrogens is 267 g/mol. The van der Waals surface area contributed by atoms with Crippen LogP contribution in [0.5, 0.6) is 0 Å². The quantitative estimate of drug-likeness (QED) is 0.623. The van der Waals surface area contributed by atoms with Gasteiger partial charge in [0.05, 0.1) is 7.11 Å². The molecule has 0 aliphatic heterocycles. The van der Waals surface area contributed by atoms with Gasteiger partial charge in [0, 0.05) is 10.9 Å². The lowest BCUT2D eigenvalue weighted by Gasteiger charge is -2.00. The molecule has 0 spiro atoms. The van der Waals surface area contributed by atoms with E-state index in [-0.39, 0.29) is 16.3 Å². The Morgan fingerprint density at radius 1 is 1.28 bits per heavy atom. The zero-order valence-electron chi connectivity index (χ0n) is 9.04. The van der Waals surface area contributed by atoms with Gasteiger partial charge in [-0.25, -0.2) is 22.9 Å². The molecule has 2 rings (SSSR count). The van der Waals surface area contributed by atoms with Crippen LogP contribution in [0.2, 0.25) is 0 Å². The van der Waals surface area contributed by atoms with E-state index in [4.69, 9.17) is 0 Å². The van der Waals surface area contributed by atoms with Gasteiger partial charge in [0.2, 0.25) is 0 Å². The predicted molar refractivity (Wildman–Crippen MR) is 58.8 cm³/mol. The third-order valence-corrected chi connectivity index (χ3v) is 3.04. The van der Waals surface area contributed by atoms with E-state index in [9.17, 15) is 18.0 Å². The van der Waals surface area contributed by atoms with Gasteiger partial charge in [0.25, 0.3) is 0 Å². The normalized spacial score (nSPS) is 10.4. The van der Waals surface area contributed by atoms with Gasteiger partial charge in [-0.2, -0.15) is 0 Å². The molecule has 0 aliphatic rings. The fraction of sp³-hybridized carbons (Fsp3) is 0.0909. The number of methoxy groups -OCH3 is 1. The maximum atomic E-state index is 13.5. The first-order valence-electron chi connectivity index (χ1n) is 4.72. The summed E-state index contributed by atoms with van der Waals surface area (Å²) in [4.78, 5) is 15.0. The molecule has 94 valence electrons. The Kier molecular flexibility index (Phi) is 3.33. The number of halogens is 3. The van der Waals surface area contributed by atoms with E-state index in [0.717, 1.165) is 23.5 Å². The first-order valence-corrected chi connectivity index (χ1v) is 5.60. The van der Waals surface area contributed by atoms with E-state index >= 15 is 0 Å². The van der Waals surface area contributed by atoms with E-state index in [0.29, 0.717) is 0 Å². The van der Waals surface area contributed by atoms with Crippen LogP contribution in [0.4, 0.5) is 13.2 Å². The average Bonchev–Trinajstić information content (AvgIpc) is 2.84. The number of rotatable bonds is 2. The first-order chi connectivity index (χ1) is 8.54. The van der Waals surface area contributed by atoms with Gasteiger partial charge in [-0.05, 0) is 12.1 Å². The van der Waals surface area contributed by atoms with E-state index in [1.165, 1.54) is 12.5 Å². The van der Waals surface area contributed by atoms with Crippen LogP contribution in [0.1, 0.15) is 10.5 Å². The Balaban J connectivity index is 2.47. The number of aromatic nitrogens is 1. The molecule has 0 amide bonds. The van der Waals surface area contributed by atoms with Gasteiger partial charge >= 0.3 is 5.97 Å². The standard InChI is InChI=1S/C11H6F3NO2S/c1-17-11(16)7-4-18-10(15-7)5-2-3-6(12)9(14)8(5)13/h2-4H,1H3. The van der Waals surface area contributed by atoms with Crippen molar-refractivity contribution in [1.29, 1.82) is 0 Å². The fourth-order valence-electron chi connectivity index (χ4n) is 1.29. The van der Waals surface area contributed by atoms with Gasteiger partial charge in [-0.1, -0.05) is 0 Å². The summed E-state index contributed by atoms with van der Waals surface area (Å²) in [5.41, 5.74) is -0.212. The zero-order chi connectivity index (χ0) is 13.3. The lowest BCUT2D eigenvalue weighted by molar-refractivity contribution is 0.0595. The van der Waals surface area contributed by atoms with Gasteiger partial charge in [0.1, 0.15) is 5.01 Å². The van der Waals surface area contributed by atoms with Gasteiger partial charge in [0.15, 0.2) is 23.1 Å². The number of hydrogen-bond donors (Lipinski definition) is 0. The smallest absolute Gasteiger partial charge is 0.357 e. The largest absolute Gasteiger partial charge is 0.464 e. The molecule has 1 aromatic carbocycles. The van der Waals surface area contributed by atoms with Crippen LogP contribution in [0.25, 0.3) is 10.6 Å². The molecule has 0 N–H and O–H groups in total. The highest BCUT2D eigenvalue weighted by molar-refractivity contribution is 7.13. The number of carbonyl (C=O) groups excluding carboxylic acids is 1. The van der Waals surface area contributed by atoms with Crippen molar-refractivity contribution in [2.75, 3.05) is 7.11 Å². The minimum absolute atomic E-state index is 0.0124. The van der Waals surface area contributed by atoms with E-state index in [1.807, 2.05) is 0 Å².